The van der Waals surface area contributed by atoms with Gasteiger partial charge in [-0.3, -0.25) is 0 Å². The SMILES string of the molecule is N#Cc1c(-c2ccc(OS(=O)(=O)C(F)(F)F)cc2)[nH]c(C(F)(F)F)c1Br. The molecule has 13 heteroatoms. The molecule has 26 heavy (non-hydrogen) atoms. The van der Waals surface area contributed by atoms with Gasteiger partial charge in [-0.25, -0.2) is 0 Å². The monoisotopic (exact) mass is 462 g/mol. The van der Waals surface area contributed by atoms with Crippen LogP contribution < -0.4 is 4.18 Å². The molecule has 0 spiro atoms. The zero-order valence-corrected chi connectivity index (χ0v) is 14.4. The average molecular weight is 463 g/mol. The lowest BCUT2D eigenvalue weighted by atomic mass is 10.1. The molecule has 0 saturated heterocycles. The summed E-state index contributed by atoms with van der Waals surface area (Å²) in [5, 5.41) is 9.04. The first-order chi connectivity index (χ1) is 11.8. The van der Waals surface area contributed by atoms with E-state index in [0.717, 1.165) is 24.3 Å². The number of aromatic nitrogens is 1. The molecule has 0 aliphatic rings. The Balaban J connectivity index is 2.43. The molecule has 5 nitrogen and oxygen atoms in total. The number of rotatable bonds is 3. The van der Waals surface area contributed by atoms with Crippen molar-refractivity contribution in [2.75, 3.05) is 0 Å². The first-order valence-electron chi connectivity index (χ1n) is 6.28. The summed E-state index contributed by atoms with van der Waals surface area (Å²) in [4.78, 5) is 2.02. The molecule has 140 valence electrons. The molecule has 1 aromatic carbocycles. The average Bonchev–Trinajstić information content (AvgIpc) is 2.83. The number of H-pyrrole nitrogens is 1. The Morgan fingerprint density at radius 3 is 2.04 bits per heavy atom. The number of nitriles is 1. The van der Waals surface area contributed by atoms with E-state index in [1.807, 2.05) is 4.98 Å². The van der Waals surface area contributed by atoms with Gasteiger partial charge in [0.15, 0.2) is 0 Å². The second-order valence-corrected chi connectivity index (χ2v) is 7.01. The van der Waals surface area contributed by atoms with Gasteiger partial charge in [0.1, 0.15) is 17.5 Å². The third-order valence-corrected chi connectivity index (χ3v) is 4.74. The Hall–Kier alpha value is -2.20. The summed E-state index contributed by atoms with van der Waals surface area (Å²) < 4.78 is 101. The van der Waals surface area contributed by atoms with Crippen LogP contribution in [0.1, 0.15) is 11.3 Å². The molecule has 0 amide bonds. The maximum atomic E-state index is 12.9. The van der Waals surface area contributed by atoms with E-state index < -0.39 is 37.7 Å². The lowest BCUT2D eigenvalue weighted by Crippen LogP contribution is -2.28. The van der Waals surface area contributed by atoms with Crippen LogP contribution >= 0.6 is 15.9 Å². The van der Waals surface area contributed by atoms with Crippen LogP contribution in [0.3, 0.4) is 0 Å². The molecular formula is C13H5BrF6N2O3S. The van der Waals surface area contributed by atoms with Crippen LogP contribution in [-0.2, 0) is 16.3 Å². The zero-order chi connectivity index (χ0) is 19.9. The van der Waals surface area contributed by atoms with E-state index in [4.69, 9.17) is 5.26 Å². The van der Waals surface area contributed by atoms with Crippen LogP contribution in [-0.4, -0.2) is 18.9 Å². The van der Waals surface area contributed by atoms with E-state index in [9.17, 15) is 34.8 Å². The molecule has 0 radical (unpaired) electrons. The molecule has 0 aliphatic carbocycles. The van der Waals surface area contributed by atoms with E-state index >= 15 is 0 Å². The predicted molar refractivity (Wildman–Crippen MR) is 79.2 cm³/mol. The Morgan fingerprint density at radius 2 is 1.62 bits per heavy atom. The summed E-state index contributed by atoms with van der Waals surface area (Å²) in [5.74, 6) is -0.703. The molecule has 1 N–H and O–H groups in total. The number of nitrogens with one attached hydrogen (secondary N) is 1. The summed E-state index contributed by atoms with van der Waals surface area (Å²) in [6.45, 7) is 0. The Bertz CT molecular complexity index is 972. The van der Waals surface area contributed by atoms with Crippen molar-refractivity contribution in [3.05, 3.63) is 40.0 Å². The number of nitrogens with zero attached hydrogens (tertiary/aromatic N) is 1. The highest BCUT2D eigenvalue weighted by molar-refractivity contribution is 9.10. The van der Waals surface area contributed by atoms with Crippen molar-refractivity contribution in [2.45, 2.75) is 11.7 Å². The van der Waals surface area contributed by atoms with Gasteiger partial charge in [-0.15, -0.1) is 0 Å². The van der Waals surface area contributed by atoms with Crippen molar-refractivity contribution < 1.29 is 38.9 Å². The minimum Gasteiger partial charge on any atom is -0.376 e. The number of benzene rings is 1. The predicted octanol–water partition coefficient (Wildman–Crippen LogP) is 4.56. The highest BCUT2D eigenvalue weighted by Crippen LogP contribution is 2.40. The summed E-state index contributed by atoms with van der Waals surface area (Å²) >= 11 is 2.67. The van der Waals surface area contributed by atoms with Gasteiger partial charge in [-0.1, -0.05) is 0 Å². The quantitative estimate of drug-likeness (QED) is 0.411. The van der Waals surface area contributed by atoms with Crippen LogP contribution in [0.15, 0.2) is 28.7 Å². The third kappa shape index (κ3) is 3.80. The summed E-state index contributed by atoms with van der Waals surface area (Å²) in [6.07, 6.45) is -4.79. The van der Waals surface area contributed by atoms with Gasteiger partial charge in [-0.2, -0.15) is 40.0 Å². The van der Waals surface area contributed by atoms with Gasteiger partial charge in [0, 0.05) is 0 Å². The van der Waals surface area contributed by atoms with Gasteiger partial charge in [0.05, 0.1) is 15.7 Å². The van der Waals surface area contributed by atoms with E-state index in [1.165, 1.54) is 0 Å². The molecule has 2 aromatic rings. The Labute approximate surface area is 150 Å². The molecule has 0 unspecified atom stereocenters. The molecule has 0 atom stereocenters. The fourth-order valence-corrected chi connectivity index (χ4v) is 2.91. The van der Waals surface area contributed by atoms with Crippen LogP contribution in [0.2, 0.25) is 0 Å². The van der Waals surface area contributed by atoms with Crippen molar-refractivity contribution in [2.24, 2.45) is 0 Å². The van der Waals surface area contributed by atoms with Crippen LogP contribution in [0.4, 0.5) is 26.3 Å². The highest BCUT2D eigenvalue weighted by atomic mass is 79.9. The van der Waals surface area contributed by atoms with Gasteiger partial charge >= 0.3 is 21.8 Å². The normalized spacial score (nSPS) is 12.7. The first-order valence-corrected chi connectivity index (χ1v) is 8.48. The Morgan fingerprint density at radius 1 is 1.08 bits per heavy atom. The molecule has 0 fully saturated rings. The number of hydrogen-bond acceptors (Lipinski definition) is 4. The number of hydrogen-bond donors (Lipinski definition) is 1. The first kappa shape index (κ1) is 20.1. The number of halogens is 7. The van der Waals surface area contributed by atoms with E-state index in [-0.39, 0.29) is 16.8 Å². The summed E-state index contributed by atoms with van der Waals surface area (Å²) in [6, 6.07) is 5.19. The van der Waals surface area contributed by atoms with Crippen LogP contribution in [0, 0.1) is 11.3 Å². The van der Waals surface area contributed by atoms with Crippen LogP contribution in [0.25, 0.3) is 11.3 Å². The molecule has 0 saturated carbocycles. The fraction of sp³-hybridized carbons (Fsp3) is 0.154. The van der Waals surface area contributed by atoms with Crippen molar-refractivity contribution in [3.63, 3.8) is 0 Å². The minimum absolute atomic E-state index is 0.00509. The maximum absolute atomic E-state index is 12.9. The van der Waals surface area contributed by atoms with E-state index in [1.54, 1.807) is 6.07 Å². The van der Waals surface area contributed by atoms with E-state index in [0.29, 0.717) is 0 Å². The molecule has 2 rings (SSSR count). The second-order valence-electron chi connectivity index (χ2n) is 4.68. The second kappa shape index (κ2) is 6.51. The van der Waals surface area contributed by atoms with Gasteiger partial charge in [-0.05, 0) is 45.8 Å². The number of aromatic amines is 1. The largest absolute Gasteiger partial charge is 0.534 e. The summed E-state index contributed by atoms with van der Waals surface area (Å²) in [7, 11) is -5.88. The maximum Gasteiger partial charge on any atom is 0.534 e. The number of alkyl halides is 6. The molecular weight excluding hydrogens is 458 g/mol. The molecule has 0 bridgehead atoms. The van der Waals surface area contributed by atoms with Crippen LogP contribution in [0.5, 0.6) is 5.75 Å². The van der Waals surface area contributed by atoms with Gasteiger partial charge in [0.25, 0.3) is 0 Å². The highest BCUT2D eigenvalue weighted by Gasteiger charge is 2.48. The zero-order valence-electron chi connectivity index (χ0n) is 12.0. The van der Waals surface area contributed by atoms with Crippen molar-refractivity contribution in [1.82, 2.24) is 4.98 Å². The molecule has 0 aliphatic heterocycles. The molecule has 1 heterocycles. The van der Waals surface area contributed by atoms with Crippen molar-refractivity contribution in [3.8, 4) is 23.1 Å². The minimum atomic E-state index is -5.88. The standard InChI is InChI=1S/C13H5BrF6N2O3S/c14-9-8(5-21)10(22-11(9)12(15,16)17)6-1-3-7(4-2-6)25-26(23,24)13(18,19)20/h1-4,22H. The van der Waals surface area contributed by atoms with E-state index in [2.05, 4.69) is 20.1 Å². The van der Waals surface area contributed by atoms with Gasteiger partial charge in [0.2, 0.25) is 0 Å². The smallest absolute Gasteiger partial charge is 0.376 e. The molecule has 1 aromatic heterocycles. The van der Waals surface area contributed by atoms with Crippen molar-refractivity contribution >= 4 is 26.0 Å². The Kier molecular flexibility index (Phi) is 5.04. The van der Waals surface area contributed by atoms with Crippen molar-refractivity contribution in [1.29, 1.82) is 5.26 Å². The summed E-state index contributed by atoms with van der Waals surface area (Å²) in [5.41, 5.74) is -7.49. The lowest BCUT2D eigenvalue weighted by Gasteiger charge is -2.09. The third-order valence-electron chi connectivity index (χ3n) is 2.97. The topological polar surface area (TPSA) is 82.9 Å². The lowest BCUT2D eigenvalue weighted by molar-refractivity contribution is -0.141. The van der Waals surface area contributed by atoms with Gasteiger partial charge < -0.3 is 9.17 Å². The fourth-order valence-electron chi connectivity index (χ4n) is 1.84.